The van der Waals surface area contributed by atoms with Gasteiger partial charge in [0.15, 0.2) is 23.3 Å². The largest absolute Gasteiger partial charge is 0.241 e. The van der Waals surface area contributed by atoms with Crippen molar-refractivity contribution in [1.29, 1.82) is 0 Å². The molecule has 0 saturated heterocycles. The third-order valence-corrected chi connectivity index (χ3v) is 3.41. The molecular weight excluding hydrogens is 318 g/mol. The first kappa shape index (κ1) is 15.9. The van der Waals surface area contributed by atoms with Crippen LogP contribution in [0, 0.1) is 23.3 Å². The SMILES string of the molecule is Fc1cc(F)c(F)c(N=C(c2ccccc2)c2ccccc2)c1F. The molecule has 0 spiro atoms. The number of nitrogens with zero attached hydrogens (tertiary/aromatic N) is 1. The molecule has 3 rings (SSSR count). The van der Waals surface area contributed by atoms with Crippen LogP contribution in [0.15, 0.2) is 71.7 Å². The van der Waals surface area contributed by atoms with Gasteiger partial charge < -0.3 is 0 Å². The molecular formula is C19H11F4N. The first-order valence-corrected chi connectivity index (χ1v) is 7.10. The maximum atomic E-state index is 13.9. The van der Waals surface area contributed by atoms with Gasteiger partial charge in [0.2, 0.25) is 0 Å². The average molecular weight is 329 g/mol. The summed E-state index contributed by atoms with van der Waals surface area (Å²) in [6.45, 7) is 0. The van der Waals surface area contributed by atoms with E-state index in [9.17, 15) is 17.6 Å². The number of hydrogen-bond donors (Lipinski definition) is 0. The minimum absolute atomic E-state index is 0.161. The van der Waals surface area contributed by atoms with Gasteiger partial charge in [-0.1, -0.05) is 60.7 Å². The first-order valence-electron chi connectivity index (χ1n) is 7.10. The van der Waals surface area contributed by atoms with Crippen LogP contribution in [-0.2, 0) is 0 Å². The van der Waals surface area contributed by atoms with E-state index in [1.165, 1.54) is 0 Å². The van der Waals surface area contributed by atoms with Crippen molar-refractivity contribution in [2.75, 3.05) is 0 Å². The zero-order valence-electron chi connectivity index (χ0n) is 12.3. The maximum absolute atomic E-state index is 13.9. The van der Waals surface area contributed by atoms with Crippen LogP contribution in [0.4, 0.5) is 23.2 Å². The van der Waals surface area contributed by atoms with Crippen LogP contribution in [0.5, 0.6) is 0 Å². The lowest BCUT2D eigenvalue weighted by molar-refractivity contribution is 0.457. The lowest BCUT2D eigenvalue weighted by Gasteiger charge is -2.09. The van der Waals surface area contributed by atoms with Crippen molar-refractivity contribution in [3.8, 4) is 0 Å². The summed E-state index contributed by atoms with van der Waals surface area (Å²) in [5.74, 6) is -6.04. The molecule has 0 aliphatic heterocycles. The first-order chi connectivity index (χ1) is 11.6. The minimum atomic E-state index is -1.53. The summed E-state index contributed by atoms with van der Waals surface area (Å²) in [6, 6.07) is 17.4. The Morgan fingerprint density at radius 2 is 1.04 bits per heavy atom. The van der Waals surface area contributed by atoms with E-state index in [0.29, 0.717) is 11.1 Å². The van der Waals surface area contributed by atoms with E-state index in [4.69, 9.17) is 0 Å². The van der Waals surface area contributed by atoms with Crippen molar-refractivity contribution in [3.63, 3.8) is 0 Å². The van der Waals surface area contributed by atoms with Crippen molar-refractivity contribution in [2.45, 2.75) is 0 Å². The summed E-state index contributed by atoms with van der Waals surface area (Å²) in [7, 11) is 0. The Morgan fingerprint density at radius 1 is 0.625 bits per heavy atom. The van der Waals surface area contributed by atoms with E-state index < -0.39 is 29.0 Å². The standard InChI is InChI=1S/C19H11F4N/c20-14-11-15(21)17(23)19(16(14)22)24-18(12-7-3-1-4-8-12)13-9-5-2-6-10-13/h1-11H. The third kappa shape index (κ3) is 3.06. The third-order valence-electron chi connectivity index (χ3n) is 3.41. The van der Waals surface area contributed by atoms with E-state index in [1.54, 1.807) is 60.7 Å². The van der Waals surface area contributed by atoms with Gasteiger partial charge in [-0.2, -0.15) is 0 Å². The predicted octanol–water partition coefficient (Wildman–Crippen LogP) is 5.41. The van der Waals surface area contributed by atoms with Crippen LogP contribution < -0.4 is 0 Å². The van der Waals surface area contributed by atoms with Gasteiger partial charge in [-0.25, -0.2) is 22.6 Å². The molecule has 0 fully saturated rings. The monoisotopic (exact) mass is 329 g/mol. The highest BCUT2D eigenvalue weighted by molar-refractivity contribution is 6.13. The number of hydrogen-bond acceptors (Lipinski definition) is 1. The summed E-state index contributed by atoms with van der Waals surface area (Å²) in [4.78, 5) is 3.91. The lowest BCUT2D eigenvalue weighted by Crippen LogP contribution is -2.04. The molecule has 5 heteroatoms. The Balaban J connectivity index is 2.27. The van der Waals surface area contributed by atoms with Crippen LogP contribution in [-0.4, -0.2) is 5.71 Å². The van der Waals surface area contributed by atoms with Crippen molar-refractivity contribution in [3.05, 3.63) is 101 Å². The number of benzene rings is 3. The van der Waals surface area contributed by atoms with Gasteiger partial charge in [-0.15, -0.1) is 0 Å². The molecule has 0 aromatic heterocycles. The van der Waals surface area contributed by atoms with Crippen molar-refractivity contribution in [1.82, 2.24) is 0 Å². The summed E-state index contributed by atoms with van der Waals surface area (Å²) >= 11 is 0. The Bertz CT molecular complexity index is 822. The van der Waals surface area contributed by atoms with E-state index >= 15 is 0 Å². The van der Waals surface area contributed by atoms with Gasteiger partial charge in [-0.05, 0) is 0 Å². The molecule has 0 unspecified atom stereocenters. The molecule has 0 atom stereocenters. The number of halogens is 4. The highest BCUT2D eigenvalue weighted by atomic mass is 19.2. The Morgan fingerprint density at radius 3 is 1.46 bits per heavy atom. The second-order valence-corrected chi connectivity index (χ2v) is 5.01. The van der Waals surface area contributed by atoms with Gasteiger partial charge in [0.1, 0.15) is 5.69 Å². The highest BCUT2D eigenvalue weighted by Crippen LogP contribution is 2.28. The summed E-state index contributed by atoms with van der Waals surface area (Å²) in [5.41, 5.74) is 0.341. The molecule has 0 heterocycles. The Labute approximate surface area is 135 Å². The van der Waals surface area contributed by atoms with Gasteiger partial charge >= 0.3 is 0 Å². The molecule has 0 radical (unpaired) electrons. The number of rotatable bonds is 3. The molecule has 24 heavy (non-hydrogen) atoms. The molecule has 3 aromatic rings. The van der Waals surface area contributed by atoms with E-state index in [1.807, 2.05) is 0 Å². The smallest absolute Gasteiger partial charge is 0.187 e. The van der Waals surface area contributed by atoms with Crippen LogP contribution in [0.3, 0.4) is 0 Å². The van der Waals surface area contributed by atoms with Crippen LogP contribution in [0.2, 0.25) is 0 Å². The van der Waals surface area contributed by atoms with Gasteiger partial charge in [0, 0.05) is 17.2 Å². The fourth-order valence-electron chi connectivity index (χ4n) is 2.26. The zero-order chi connectivity index (χ0) is 17.1. The predicted molar refractivity (Wildman–Crippen MR) is 84.5 cm³/mol. The fraction of sp³-hybridized carbons (Fsp3) is 0. The fourth-order valence-corrected chi connectivity index (χ4v) is 2.26. The summed E-state index contributed by atoms with van der Waals surface area (Å²) in [6.07, 6.45) is 0. The number of aliphatic imine (C=N–C) groups is 1. The van der Waals surface area contributed by atoms with Gasteiger partial charge in [0.05, 0.1) is 5.71 Å². The highest BCUT2D eigenvalue weighted by Gasteiger charge is 2.20. The minimum Gasteiger partial charge on any atom is -0.241 e. The Kier molecular flexibility index (Phi) is 4.42. The topological polar surface area (TPSA) is 12.4 Å². The van der Waals surface area contributed by atoms with E-state index in [-0.39, 0.29) is 11.8 Å². The van der Waals surface area contributed by atoms with Crippen molar-refractivity contribution < 1.29 is 17.6 Å². The molecule has 0 N–H and O–H groups in total. The van der Waals surface area contributed by atoms with Crippen LogP contribution in [0.1, 0.15) is 11.1 Å². The maximum Gasteiger partial charge on any atom is 0.187 e. The van der Waals surface area contributed by atoms with Crippen LogP contribution in [0.25, 0.3) is 0 Å². The zero-order valence-corrected chi connectivity index (χ0v) is 12.3. The average Bonchev–Trinajstić information content (AvgIpc) is 2.62. The normalized spacial score (nSPS) is 10.5. The van der Waals surface area contributed by atoms with Gasteiger partial charge in [-0.3, -0.25) is 0 Å². The summed E-state index contributed by atoms with van der Waals surface area (Å²) in [5, 5.41) is 0. The van der Waals surface area contributed by atoms with Gasteiger partial charge in [0.25, 0.3) is 0 Å². The molecule has 0 amide bonds. The molecule has 120 valence electrons. The molecule has 0 aliphatic carbocycles. The molecule has 0 saturated carbocycles. The van der Waals surface area contributed by atoms with E-state index in [2.05, 4.69) is 4.99 Å². The lowest BCUT2D eigenvalue weighted by atomic mass is 10.0. The van der Waals surface area contributed by atoms with Crippen molar-refractivity contribution in [2.24, 2.45) is 4.99 Å². The van der Waals surface area contributed by atoms with E-state index in [0.717, 1.165) is 0 Å². The molecule has 3 aromatic carbocycles. The molecule has 0 bridgehead atoms. The second kappa shape index (κ2) is 6.66. The Hall–Kier alpha value is -2.95. The second-order valence-electron chi connectivity index (χ2n) is 5.01. The summed E-state index contributed by atoms with van der Waals surface area (Å²) < 4.78 is 54.7. The molecule has 0 aliphatic rings. The van der Waals surface area contributed by atoms with Crippen molar-refractivity contribution >= 4 is 11.4 Å². The van der Waals surface area contributed by atoms with Crippen LogP contribution >= 0.6 is 0 Å². The molecule has 1 nitrogen and oxygen atoms in total. The quantitative estimate of drug-likeness (QED) is 0.346.